The molecule has 0 radical (unpaired) electrons. The lowest BCUT2D eigenvalue weighted by atomic mass is 9.99. The Morgan fingerprint density at radius 2 is 1.85 bits per heavy atom. The lowest BCUT2D eigenvalue weighted by Crippen LogP contribution is -2.17. The number of rotatable bonds is 7. The average Bonchev–Trinajstić information content (AvgIpc) is 2.02. The van der Waals surface area contributed by atoms with E-state index in [0.29, 0.717) is 18.7 Å². The van der Waals surface area contributed by atoms with Crippen LogP contribution in [0.25, 0.3) is 0 Å². The number of carboxylic acid groups (broad SMARTS) is 2. The molecule has 76 valence electrons. The summed E-state index contributed by atoms with van der Waals surface area (Å²) < 4.78 is 0. The zero-order valence-corrected chi connectivity index (χ0v) is 7.96. The number of unbranched alkanes of at least 4 members (excludes halogenated alkanes) is 1. The van der Waals surface area contributed by atoms with Crippen molar-refractivity contribution in [1.82, 2.24) is 0 Å². The standard InChI is InChI=1S/C8H13ClO4/c9-4-2-1-3-6(8(12)13)5-7(10)11/h6H,1-5H2,(H,10,11)(H,12,13). The van der Waals surface area contributed by atoms with Gasteiger partial charge in [-0.15, -0.1) is 11.6 Å². The number of hydrogen-bond donors (Lipinski definition) is 2. The van der Waals surface area contributed by atoms with Crippen molar-refractivity contribution in [2.24, 2.45) is 5.92 Å². The maximum atomic E-state index is 10.5. The van der Waals surface area contributed by atoms with Crippen LogP contribution in [0.1, 0.15) is 25.7 Å². The number of carbonyl (C=O) groups is 2. The molecular weight excluding hydrogens is 196 g/mol. The number of hydrogen-bond acceptors (Lipinski definition) is 2. The van der Waals surface area contributed by atoms with Crippen molar-refractivity contribution < 1.29 is 19.8 Å². The summed E-state index contributed by atoms with van der Waals surface area (Å²) in [6.45, 7) is 0. The second kappa shape index (κ2) is 6.71. The summed E-state index contributed by atoms with van der Waals surface area (Å²) >= 11 is 5.41. The van der Waals surface area contributed by atoms with Crippen molar-refractivity contribution in [3.8, 4) is 0 Å². The zero-order chi connectivity index (χ0) is 10.3. The van der Waals surface area contributed by atoms with Crippen molar-refractivity contribution in [3.05, 3.63) is 0 Å². The molecule has 0 aromatic carbocycles. The Morgan fingerprint density at radius 3 is 2.23 bits per heavy atom. The van der Waals surface area contributed by atoms with Gasteiger partial charge in [-0.05, 0) is 12.8 Å². The van der Waals surface area contributed by atoms with E-state index in [-0.39, 0.29) is 6.42 Å². The Morgan fingerprint density at radius 1 is 1.23 bits per heavy atom. The highest BCUT2D eigenvalue weighted by atomic mass is 35.5. The molecule has 0 saturated carbocycles. The van der Waals surface area contributed by atoms with Gasteiger partial charge in [0, 0.05) is 5.88 Å². The molecule has 0 fully saturated rings. The van der Waals surface area contributed by atoms with Gasteiger partial charge >= 0.3 is 11.9 Å². The second-order valence-corrected chi connectivity index (χ2v) is 3.20. The van der Waals surface area contributed by atoms with E-state index in [4.69, 9.17) is 21.8 Å². The van der Waals surface area contributed by atoms with Gasteiger partial charge in [0.2, 0.25) is 0 Å². The molecule has 0 rings (SSSR count). The smallest absolute Gasteiger partial charge is 0.307 e. The lowest BCUT2D eigenvalue weighted by molar-refractivity contribution is -0.148. The van der Waals surface area contributed by atoms with Gasteiger partial charge in [-0.2, -0.15) is 0 Å². The van der Waals surface area contributed by atoms with Crippen molar-refractivity contribution in [3.63, 3.8) is 0 Å². The molecule has 1 unspecified atom stereocenters. The number of carboxylic acids is 2. The van der Waals surface area contributed by atoms with Crippen LogP contribution in [0.5, 0.6) is 0 Å². The van der Waals surface area contributed by atoms with E-state index in [1.807, 2.05) is 0 Å². The summed E-state index contributed by atoms with van der Waals surface area (Å²) in [6, 6.07) is 0. The summed E-state index contributed by atoms with van der Waals surface area (Å²) in [7, 11) is 0. The molecule has 0 aliphatic rings. The van der Waals surface area contributed by atoms with Crippen molar-refractivity contribution >= 4 is 23.5 Å². The number of halogens is 1. The second-order valence-electron chi connectivity index (χ2n) is 2.82. The molecule has 0 bridgehead atoms. The summed E-state index contributed by atoms with van der Waals surface area (Å²) in [5.41, 5.74) is 0. The lowest BCUT2D eigenvalue weighted by Gasteiger charge is -2.08. The Labute approximate surface area is 81.5 Å². The number of alkyl halides is 1. The van der Waals surface area contributed by atoms with Crippen LogP contribution in [0.15, 0.2) is 0 Å². The molecule has 0 aliphatic carbocycles. The van der Waals surface area contributed by atoms with Gasteiger partial charge in [-0.1, -0.05) is 6.42 Å². The van der Waals surface area contributed by atoms with Crippen molar-refractivity contribution in [2.45, 2.75) is 25.7 Å². The fraction of sp³-hybridized carbons (Fsp3) is 0.750. The molecule has 0 aromatic rings. The topological polar surface area (TPSA) is 74.6 Å². The SMILES string of the molecule is O=C(O)CC(CCCCCl)C(=O)O. The van der Waals surface area contributed by atoms with Gasteiger partial charge in [-0.25, -0.2) is 0 Å². The largest absolute Gasteiger partial charge is 0.481 e. The van der Waals surface area contributed by atoms with E-state index < -0.39 is 17.9 Å². The summed E-state index contributed by atoms with van der Waals surface area (Å²) in [5, 5.41) is 17.0. The minimum Gasteiger partial charge on any atom is -0.481 e. The summed E-state index contributed by atoms with van der Waals surface area (Å²) in [5.74, 6) is -2.41. The molecule has 0 aliphatic heterocycles. The Hall–Kier alpha value is -0.770. The van der Waals surface area contributed by atoms with Gasteiger partial charge in [0.1, 0.15) is 0 Å². The quantitative estimate of drug-likeness (QED) is 0.492. The molecule has 0 amide bonds. The highest BCUT2D eigenvalue weighted by Crippen LogP contribution is 2.13. The molecule has 0 heterocycles. The van der Waals surface area contributed by atoms with E-state index in [1.54, 1.807) is 0 Å². The first kappa shape index (κ1) is 12.2. The Balaban J connectivity index is 3.81. The van der Waals surface area contributed by atoms with Gasteiger partial charge in [-0.3, -0.25) is 9.59 Å². The Bertz CT molecular complexity index is 181. The molecule has 1 atom stereocenters. The first-order valence-corrected chi connectivity index (χ1v) is 4.62. The van der Waals surface area contributed by atoms with Gasteiger partial charge in [0.25, 0.3) is 0 Å². The molecule has 2 N–H and O–H groups in total. The third-order valence-electron chi connectivity index (χ3n) is 1.71. The summed E-state index contributed by atoms with van der Waals surface area (Å²) in [4.78, 5) is 20.8. The molecule has 0 aromatic heterocycles. The van der Waals surface area contributed by atoms with Crippen LogP contribution in [0, 0.1) is 5.92 Å². The van der Waals surface area contributed by atoms with E-state index in [2.05, 4.69) is 0 Å². The van der Waals surface area contributed by atoms with Crippen LogP contribution in [-0.4, -0.2) is 28.0 Å². The summed E-state index contributed by atoms with van der Waals surface area (Å²) in [6.07, 6.45) is 1.46. The van der Waals surface area contributed by atoms with Crippen molar-refractivity contribution in [2.75, 3.05) is 5.88 Å². The minimum absolute atomic E-state index is 0.308. The van der Waals surface area contributed by atoms with Crippen LogP contribution >= 0.6 is 11.6 Å². The molecule has 4 nitrogen and oxygen atoms in total. The van der Waals surface area contributed by atoms with Crippen LogP contribution in [0.2, 0.25) is 0 Å². The Kier molecular flexibility index (Phi) is 6.32. The first-order valence-electron chi connectivity index (χ1n) is 4.08. The number of aliphatic carboxylic acids is 2. The molecule has 13 heavy (non-hydrogen) atoms. The maximum Gasteiger partial charge on any atom is 0.307 e. The minimum atomic E-state index is -1.07. The van der Waals surface area contributed by atoms with E-state index in [0.717, 1.165) is 6.42 Å². The highest BCUT2D eigenvalue weighted by molar-refractivity contribution is 6.17. The average molecular weight is 209 g/mol. The van der Waals surface area contributed by atoms with Crippen LogP contribution in [0.3, 0.4) is 0 Å². The predicted octanol–water partition coefficient (Wildman–Crippen LogP) is 1.57. The molecule has 0 saturated heterocycles. The van der Waals surface area contributed by atoms with Gasteiger partial charge in [0.15, 0.2) is 0 Å². The van der Waals surface area contributed by atoms with Crippen LogP contribution in [0.4, 0.5) is 0 Å². The fourth-order valence-electron chi connectivity index (χ4n) is 1.01. The third-order valence-corrected chi connectivity index (χ3v) is 1.97. The zero-order valence-electron chi connectivity index (χ0n) is 7.20. The van der Waals surface area contributed by atoms with Gasteiger partial charge in [0.05, 0.1) is 12.3 Å². The van der Waals surface area contributed by atoms with E-state index in [1.165, 1.54) is 0 Å². The highest BCUT2D eigenvalue weighted by Gasteiger charge is 2.19. The molecule has 0 spiro atoms. The molecular formula is C8H13ClO4. The monoisotopic (exact) mass is 208 g/mol. The fourth-order valence-corrected chi connectivity index (χ4v) is 1.20. The maximum absolute atomic E-state index is 10.5. The first-order chi connectivity index (χ1) is 6.07. The van der Waals surface area contributed by atoms with E-state index in [9.17, 15) is 9.59 Å². The molecule has 5 heteroatoms. The van der Waals surface area contributed by atoms with E-state index >= 15 is 0 Å². The third kappa shape index (κ3) is 6.40. The van der Waals surface area contributed by atoms with Gasteiger partial charge < -0.3 is 10.2 Å². The van der Waals surface area contributed by atoms with Crippen LogP contribution < -0.4 is 0 Å². The van der Waals surface area contributed by atoms with Crippen molar-refractivity contribution in [1.29, 1.82) is 0 Å². The van der Waals surface area contributed by atoms with Crippen LogP contribution in [-0.2, 0) is 9.59 Å². The predicted molar refractivity (Wildman–Crippen MR) is 47.9 cm³/mol. The normalized spacial score (nSPS) is 12.4.